The molecular formula is C10H6Cl2N2. The Morgan fingerprint density at radius 1 is 1.14 bits per heavy atom. The molecule has 0 saturated heterocycles. The highest BCUT2D eigenvalue weighted by molar-refractivity contribution is 6.34. The molecule has 70 valence electrons. The molecule has 0 spiro atoms. The van der Waals surface area contributed by atoms with Gasteiger partial charge < -0.3 is 0 Å². The van der Waals surface area contributed by atoms with Crippen LogP contribution in [0.1, 0.15) is 0 Å². The normalized spacial score (nSPS) is 10.1. The lowest BCUT2D eigenvalue weighted by Crippen LogP contribution is -1.84. The predicted octanol–water partition coefficient (Wildman–Crippen LogP) is 3.45. The quantitative estimate of drug-likeness (QED) is 0.694. The van der Waals surface area contributed by atoms with E-state index in [0.29, 0.717) is 10.2 Å². The molecule has 0 amide bonds. The van der Waals surface area contributed by atoms with Gasteiger partial charge in [0.25, 0.3) is 0 Å². The molecule has 0 aromatic carbocycles. The van der Waals surface area contributed by atoms with Gasteiger partial charge in [-0.25, -0.2) is 4.98 Å². The maximum Gasteiger partial charge on any atom is 0.136 e. The number of hydrogen-bond donors (Lipinski definition) is 0. The molecule has 0 aliphatic carbocycles. The third-order valence-corrected chi connectivity index (χ3v) is 2.29. The van der Waals surface area contributed by atoms with Gasteiger partial charge in [-0.3, -0.25) is 4.98 Å². The zero-order chi connectivity index (χ0) is 9.97. The van der Waals surface area contributed by atoms with Crippen molar-refractivity contribution in [1.82, 2.24) is 9.97 Å². The molecule has 0 fully saturated rings. The molecule has 2 aromatic rings. The highest BCUT2D eigenvalue weighted by Gasteiger charge is 2.04. The standard InChI is InChI=1S/C10H6Cl2N2/c11-8-4-9(10(12)14-6-8)7-2-1-3-13-5-7/h1-6H. The van der Waals surface area contributed by atoms with Gasteiger partial charge in [0.2, 0.25) is 0 Å². The van der Waals surface area contributed by atoms with Crippen molar-refractivity contribution in [2.45, 2.75) is 0 Å². The molecule has 2 nitrogen and oxygen atoms in total. The molecule has 0 N–H and O–H groups in total. The van der Waals surface area contributed by atoms with Gasteiger partial charge in [-0.1, -0.05) is 29.3 Å². The molecule has 0 aliphatic rings. The van der Waals surface area contributed by atoms with Crippen LogP contribution in [-0.2, 0) is 0 Å². The van der Waals surface area contributed by atoms with Gasteiger partial charge in [-0.15, -0.1) is 0 Å². The summed E-state index contributed by atoms with van der Waals surface area (Å²) in [6.45, 7) is 0. The van der Waals surface area contributed by atoms with Crippen molar-refractivity contribution in [1.29, 1.82) is 0 Å². The van der Waals surface area contributed by atoms with Crippen LogP contribution in [0, 0.1) is 0 Å². The average Bonchev–Trinajstić information content (AvgIpc) is 2.23. The molecule has 0 radical (unpaired) electrons. The summed E-state index contributed by atoms with van der Waals surface area (Å²) in [5, 5.41) is 0.996. The fourth-order valence-electron chi connectivity index (χ4n) is 1.15. The Kier molecular flexibility index (Phi) is 2.66. The summed E-state index contributed by atoms with van der Waals surface area (Å²) in [5.41, 5.74) is 1.71. The Labute approximate surface area is 91.5 Å². The van der Waals surface area contributed by atoms with E-state index in [1.165, 1.54) is 6.20 Å². The van der Waals surface area contributed by atoms with E-state index in [1.807, 2.05) is 12.1 Å². The molecule has 0 aliphatic heterocycles. The minimum absolute atomic E-state index is 0.433. The van der Waals surface area contributed by atoms with Crippen LogP contribution in [0.3, 0.4) is 0 Å². The van der Waals surface area contributed by atoms with Crippen molar-refractivity contribution in [3.05, 3.63) is 47.0 Å². The summed E-state index contributed by atoms with van der Waals surface area (Å²) in [5.74, 6) is 0. The molecule has 0 bridgehead atoms. The van der Waals surface area contributed by atoms with E-state index in [4.69, 9.17) is 23.2 Å². The SMILES string of the molecule is Clc1cnc(Cl)c(-c2cccnc2)c1. The number of aromatic nitrogens is 2. The smallest absolute Gasteiger partial charge is 0.136 e. The van der Waals surface area contributed by atoms with E-state index < -0.39 is 0 Å². The van der Waals surface area contributed by atoms with Gasteiger partial charge >= 0.3 is 0 Å². The van der Waals surface area contributed by atoms with E-state index in [2.05, 4.69) is 9.97 Å². The number of hydrogen-bond acceptors (Lipinski definition) is 2. The zero-order valence-corrected chi connectivity index (χ0v) is 8.63. The highest BCUT2D eigenvalue weighted by atomic mass is 35.5. The second kappa shape index (κ2) is 3.95. The first kappa shape index (κ1) is 9.44. The largest absolute Gasteiger partial charge is 0.264 e. The van der Waals surface area contributed by atoms with Gasteiger partial charge in [0, 0.05) is 29.7 Å². The Morgan fingerprint density at radius 3 is 2.71 bits per heavy atom. The van der Waals surface area contributed by atoms with Crippen LogP contribution in [0.4, 0.5) is 0 Å². The highest BCUT2D eigenvalue weighted by Crippen LogP contribution is 2.27. The summed E-state index contributed by atoms with van der Waals surface area (Å²) in [4.78, 5) is 7.96. The lowest BCUT2D eigenvalue weighted by Gasteiger charge is -2.02. The van der Waals surface area contributed by atoms with E-state index in [9.17, 15) is 0 Å². The summed E-state index contributed by atoms with van der Waals surface area (Å²) in [6.07, 6.45) is 4.94. The Balaban J connectivity index is 2.57. The van der Waals surface area contributed by atoms with E-state index in [-0.39, 0.29) is 0 Å². The van der Waals surface area contributed by atoms with Gasteiger partial charge in [0.1, 0.15) is 5.15 Å². The second-order valence-electron chi connectivity index (χ2n) is 2.73. The predicted molar refractivity (Wildman–Crippen MR) is 57.5 cm³/mol. The molecule has 2 aromatic heterocycles. The average molecular weight is 225 g/mol. The summed E-state index contributed by atoms with van der Waals surface area (Å²) < 4.78 is 0. The molecule has 0 unspecified atom stereocenters. The third kappa shape index (κ3) is 1.86. The maximum absolute atomic E-state index is 5.93. The van der Waals surface area contributed by atoms with Crippen molar-refractivity contribution in [3.8, 4) is 11.1 Å². The minimum Gasteiger partial charge on any atom is -0.264 e. The van der Waals surface area contributed by atoms with Crippen molar-refractivity contribution < 1.29 is 0 Å². The van der Waals surface area contributed by atoms with Crippen molar-refractivity contribution in [2.24, 2.45) is 0 Å². The number of nitrogens with zero attached hydrogens (tertiary/aromatic N) is 2. The van der Waals surface area contributed by atoms with Crippen molar-refractivity contribution >= 4 is 23.2 Å². The molecule has 2 rings (SSSR count). The fourth-order valence-corrected chi connectivity index (χ4v) is 1.52. The Hall–Kier alpha value is -1.12. The topological polar surface area (TPSA) is 25.8 Å². The molecule has 0 atom stereocenters. The second-order valence-corrected chi connectivity index (χ2v) is 3.53. The van der Waals surface area contributed by atoms with E-state index in [0.717, 1.165) is 11.1 Å². The van der Waals surface area contributed by atoms with E-state index in [1.54, 1.807) is 18.5 Å². The molecule has 0 saturated carbocycles. The van der Waals surface area contributed by atoms with Crippen molar-refractivity contribution in [3.63, 3.8) is 0 Å². The fraction of sp³-hybridized carbons (Fsp3) is 0. The van der Waals surface area contributed by atoms with Gasteiger partial charge in [-0.05, 0) is 12.1 Å². The lowest BCUT2D eigenvalue weighted by molar-refractivity contribution is 1.30. The summed E-state index contributed by atoms with van der Waals surface area (Å²) >= 11 is 11.8. The van der Waals surface area contributed by atoms with Crippen LogP contribution in [0.2, 0.25) is 10.2 Å². The van der Waals surface area contributed by atoms with E-state index >= 15 is 0 Å². The van der Waals surface area contributed by atoms with Crippen molar-refractivity contribution in [2.75, 3.05) is 0 Å². The zero-order valence-electron chi connectivity index (χ0n) is 7.11. The molecule has 4 heteroatoms. The van der Waals surface area contributed by atoms with Crippen LogP contribution in [0.15, 0.2) is 36.8 Å². The number of halogens is 2. The molecule has 2 heterocycles. The van der Waals surface area contributed by atoms with Crippen LogP contribution >= 0.6 is 23.2 Å². The van der Waals surface area contributed by atoms with Gasteiger partial charge in [0.15, 0.2) is 0 Å². The monoisotopic (exact) mass is 224 g/mol. The van der Waals surface area contributed by atoms with Crippen LogP contribution < -0.4 is 0 Å². The number of rotatable bonds is 1. The van der Waals surface area contributed by atoms with Crippen LogP contribution in [0.25, 0.3) is 11.1 Å². The first-order chi connectivity index (χ1) is 6.77. The minimum atomic E-state index is 0.433. The first-order valence-corrected chi connectivity index (χ1v) is 4.74. The van der Waals surface area contributed by atoms with Crippen LogP contribution in [-0.4, -0.2) is 9.97 Å². The van der Waals surface area contributed by atoms with Crippen LogP contribution in [0.5, 0.6) is 0 Å². The summed E-state index contributed by atoms with van der Waals surface area (Å²) in [7, 11) is 0. The Bertz CT molecular complexity index is 443. The molecule has 14 heavy (non-hydrogen) atoms. The first-order valence-electron chi connectivity index (χ1n) is 3.99. The van der Waals surface area contributed by atoms with Gasteiger partial charge in [0.05, 0.1) is 5.02 Å². The maximum atomic E-state index is 5.93. The number of pyridine rings is 2. The van der Waals surface area contributed by atoms with Gasteiger partial charge in [-0.2, -0.15) is 0 Å². The molecular weight excluding hydrogens is 219 g/mol. The third-order valence-electron chi connectivity index (χ3n) is 1.78. The Morgan fingerprint density at radius 2 is 2.00 bits per heavy atom. The lowest BCUT2D eigenvalue weighted by atomic mass is 10.1. The summed E-state index contributed by atoms with van der Waals surface area (Å²) in [6, 6.07) is 5.52.